The zero-order valence-corrected chi connectivity index (χ0v) is 18.4. The van der Waals surface area contributed by atoms with Crippen molar-refractivity contribution in [3.8, 4) is 11.5 Å². The van der Waals surface area contributed by atoms with Crippen LogP contribution in [0.5, 0.6) is 11.5 Å². The summed E-state index contributed by atoms with van der Waals surface area (Å²) in [7, 11) is 0. The van der Waals surface area contributed by atoms with Crippen molar-refractivity contribution in [2.75, 3.05) is 30.0 Å². The predicted octanol–water partition coefficient (Wildman–Crippen LogP) is 3.71. The van der Waals surface area contributed by atoms with Crippen LogP contribution in [0, 0.1) is 5.92 Å². The van der Waals surface area contributed by atoms with Crippen LogP contribution in [0.25, 0.3) is 0 Å². The minimum atomic E-state index is -4.41. The summed E-state index contributed by atoms with van der Waals surface area (Å²) in [5.74, 6) is 0.460. The lowest BCUT2D eigenvalue weighted by Gasteiger charge is -2.22. The second kappa shape index (κ2) is 8.97. The van der Waals surface area contributed by atoms with Crippen LogP contribution in [0.2, 0.25) is 0 Å². The number of nitrogens with zero attached hydrogens (tertiary/aromatic N) is 3. The fraction of sp³-hybridized carbons (Fsp3) is 0.292. The molecule has 182 valence electrons. The van der Waals surface area contributed by atoms with Crippen molar-refractivity contribution in [1.82, 2.24) is 9.78 Å². The maximum Gasteiger partial charge on any atom is 0.416 e. The van der Waals surface area contributed by atoms with E-state index in [0.717, 1.165) is 12.1 Å². The molecule has 1 fully saturated rings. The van der Waals surface area contributed by atoms with E-state index in [1.165, 1.54) is 23.0 Å². The topological polar surface area (TPSA) is 85.7 Å². The molecule has 35 heavy (non-hydrogen) atoms. The summed E-state index contributed by atoms with van der Waals surface area (Å²) in [4.78, 5) is 27.1. The number of hydrogen-bond donors (Lipinski definition) is 1. The molecule has 1 atom stereocenters. The zero-order valence-electron chi connectivity index (χ0n) is 18.4. The van der Waals surface area contributed by atoms with Crippen LogP contribution in [0.4, 0.5) is 24.7 Å². The Hall–Kier alpha value is -4.02. The molecule has 1 N–H and O–H groups in total. The summed E-state index contributed by atoms with van der Waals surface area (Å²) in [6, 6.07) is 11.6. The summed E-state index contributed by atoms with van der Waals surface area (Å²) in [5, 5.41) is 6.95. The van der Waals surface area contributed by atoms with Crippen molar-refractivity contribution < 1.29 is 32.2 Å². The number of amides is 2. The first-order chi connectivity index (χ1) is 16.8. The molecule has 3 heterocycles. The molecule has 3 aromatic rings. The molecule has 0 aliphatic carbocycles. The number of anilines is 2. The summed E-state index contributed by atoms with van der Waals surface area (Å²) < 4.78 is 50.9. The summed E-state index contributed by atoms with van der Waals surface area (Å²) >= 11 is 0. The number of benzene rings is 2. The van der Waals surface area contributed by atoms with Crippen LogP contribution in [0.1, 0.15) is 17.5 Å². The molecule has 1 saturated heterocycles. The molecule has 5 rings (SSSR count). The Morgan fingerprint density at radius 2 is 1.80 bits per heavy atom. The highest BCUT2D eigenvalue weighted by atomic mass is 19.4. The third-order valence-corrected chi connectivity index (χ3v) is 5.91. The van der Waals surface area contributed by atoms with Gasteiger partial charge in [0.1, 0.15) is 19.0 Å². The number of ether oxygens (including phenoxy) is 2. The third kappa shape index (κ3) is 4.79. The van der Waals surface area contributed by atoms with E-state index in [9.17, 15) is 22.8 Å². The lowest BCUT2D eigenvalue weighted by atomic mass is 10.1. The highest BCUT2D eigenvalue weighted by Gasteiger charge is 2.36. The van der Waals surface area contributed by atoms with E-state index in [4.69, 9.17) is 9.47 Å². The molecular formula is C24H21F3N4O4. The van der Waals surface area contributed by atoms with Gasteiger partial charge in [-0.3, -0.25) is 9.59 Å². The normalized spacial score (nSPS) is 17.5. The van der Waals surface area contributed by atoms with Gasteiger partial charge in [0, 0.05) is 30.8 Å². The van der Waals surface area contributed by atoms with E-state index in [-0.39, 0.29) is 31.3 Å². The fourth-order valence-corrected chi connectivity index (χ4v) is 4.10. The minimum Gasteiger partial charge on any atom is -0.486 e. The van der Waals surface area contributed by atoms with Gasteiger partial charge in [-0.25, -0.2) is 4.68 Å². The molecule has 1 unspecified atom stereocenters. The van der Waals surface area contributed by atoms with E-state index in [1.807, 2.05) is 0 Å². The standard InChI is InChI=1S/C24H21F3N4O4/c25-24(26,27)17-3-1-15(2-4-17)13-31-21(7-8-28-31)29-23(33)16-11-22(32)30(14-16)18-5-6-19-20(12-18)35-10-9-34-19/h1-8,12,16H,9-11,13-14H2,(H,29,33). The van der Waals surface area contributed by atoms with Crippen LogP contribution >= 0.6 is 0 Å². The van der Waals surface area contributed by atoms with E-state index in [1.54, 1.807) is 29.2 Å². The molecular weight excluding hydrogens is 465 g/mol. The lowest BCUT2D eigenvalue weighted by Crippen LogP contribution is -2.29. The van der Waals surface area contributed by atoms with Gasteiger partial charge in [-0.05, 0) is 29.8 Å². The largest absolute Gasteiger partial charge is 0.486 e. The van der Waals surface area contributed by atoms with Crippen LogP contribution in [0.15, 0.2) is 54.7 Å². The van der Waals surface area contributed by atoms with Gasteiger partial charge in [-0.1, -0.05) is 12.1 Å². The summed E-state index contributed by atoms with van der Waals surface area (Å²) in [6.07, 6.45) is -2.87. The second-order valence-electron chi connectivity index (χ2n) is 8.29. The van der Waals surface area contributed by atoms with E-state index in [2.05, 4.69) is 10.4 Å². The Labute approximate surface area is 198 Å². The first-order valence-electron chi connectivity index (χ1n) is 11.0. The molecule has 11 heteroatoms. The smallest absolute Gasteiger partial charge is 0.416 e. The van der Waals surface area contributed by atoms with Gasteiger partial charge in [0.2, 0.25) is 11.8 Å². The average molecular weight is 486 g/mol. The number of halogens is 3. The first-order valence-corrected chi connectivity index (χ1v) is 11.0. The van der Waals surface area contributed by atoms with Crippen molar-refractivity contribution in [3.05, 3.63) is 65.9 Å². The highest BCUT2D eigenvalue weighted by molar-refractivity contribution is 6.03. The minimum absolute atomic E-state index is 0.0489. The highest BCUT2D eigenvalue weighted by Crippen LogP contribution is 2.36. The van der Waals surface area contributed by atoms with Gasteiger partial charge < -0.3 is 19.7 Å². The molecule has 2 aliphatic rings. The van der Waals surface area contributed by atoms with Crippen LogP contribution in [-0.4, -0.2) is 41.4 Å². The van der Waals surface area contributed by atoms with Gasteiger partial charge in [-0.2, -0.15) is 18.3 Å². The van der Waals surface area contributed by atoms with Crippen molar-refractivity contribution in [2.45, 2.75) is 19.1 Å². The number of rotatable bonds is 5. The predicted molar refractivity (Wildman–Crippen MR) is 119 cm³/mol. The van der Waals surface area contributed by atoms with Crippen molar-refractivity contribution in [3.63, 3.8) is 0 Å². The molecule has 8 nitrogen and oxygen atoms in total. The SMILES string of the molecule is O=C(Nc1ccnn1Cc1ccc(C(F)(F)F)cc1)C1CC(=O)N(c2ccc3c(c2)OCCO3)C1. The quantitative estimate of drug-likeness (QED) is 0.594. The molecule has 0 radical (unpaired) electrons. The molecule has 1 aromatic heterocycles. The van der Waals surface area contributed by atoms with E-state index < -0.39 is 17.7 Å². The summed E-state index contributed by atoms with van der Waals surface area (Å²) in [6.45, 7) is 1.27. The summed E-state index contributed by atoms with van der Waals surface area (Å²) in [5.41, 5.74) is 0.489. The maximum atomic E-state index is 12.9. The zero-order chi connectivity index (χ0) is 24.6. The van der Waals surface area contributed by atoms with Gasteiger partial charge in [0.25, 0.3) is 0 Å². The Morgan fingerprint density at radius 1 is 1.06 bits per heavy atom. The number of carbonyl (C=O) groups is 2. The number of carbonyl (C=O) groups excluding carboxylic acids is 2. The average Bonchev–Trinajstić information content (AvgIpc) is 3.44. The molecule has 2 aliphatic heterocycles. The van der Waals surface area contributed by atoms with E-state index >= 15 is 0 Å². The van der Waals surface area contributed by atoms with Crippen LogP contribution in [0.3, 0.4) is 0 Å². The maximum absolute atomic E-state index is 12.9. The van der Waals surface area contributed by atoms with E-state index in [0.29, 0.717) is 41.8 Å². The van der Waals surface area contributed by atoms with Crippen LogP contribution in [-0.2, 0) is 22.3 Å². The number of aromatic nitrogens is 2. The molecule has 2 aromatic carbocycles. The second-order valence-corrected chi connectivity index (χ2v) is 8.29. The number of nitrogens with one attached hydrogen (secondary N) is 1. The monoisotopic (exact) mass is 486 g/mol. The van der Waals surface area contributed by atoms with Crippen molar-refractivity contribution >= 4 is 23.3 Å². The number of fused-ring (bicyclic) bond motifs is 1. The molecule has 0 saturated carbocycles. The van der Waals surface area contributed by atoms with Gasteiger partial charge in [0.15, 0.2) is 11.5 Å². The lowest BCUT2D eigenvalue weighted by molar-refractivity contribution is -0.137. The Morgan fingerprint density at radius 3 is 2.54 bits per heavy atom. The Bertz CT molecular complexity index is 1260. The molecule has 0 bridgehead atoms. The Balaban J connectivity index is 1.24. The fourth-order valence-electron chi connectivity index (χ4n) is 4.10. The van der Waals surface area contributed by atoms with Crippen molar-refractivity contribution in [2.24, 2.45) is 5.92 Å². The van der Waals surface area contributed by atoms with Gasteiger partial charge in [-0.15, -0.1) is 0 Å². The number of hydrogen-bond acceptors (Lipinski definition) is 5. The van der Waals surface area contributed by atoms with Gasteiger partial charge >= 0.3 is 6.18 Å². The number of alkyl halides is 3. The third-order valence-electron chi connectivity index (χ3n) is 5.91. The Kier molecular flexibility index (Phi) is 5.83. The van der Waals surface area contributed by atoms with Crippen molar-refractivity contribution in [1.29, 1.82) is 0 Å². The molecule has 0 spiro atoms. The molecule has 2 amide bonds. The van der Waals surface area contributed by atoms with Crippen LogP contribution < -0.4 is 19.7 Å². The van der Waals surface area contributed by atoms with Gasteiger partial charge in [0.05, 0.1) is 24.2 Å². The first kappa shape index (κ1) is 22.8.